The molecule has 0 spiro atoms. The SMILES string of the molecule is COc1ccc(CNC(=O)c2noc3c2COc2ccc(C)cc2-3)cc1. The third-order valence-corrected chi connectivity index (χ3v) is 4.37. The number of fused-ring (bicyclic) bond motifs is 3. The van der Waals surface area contributed by atoms with Crippen molar-refractivity contribution in [3.8, 4) is 22.8 Å². The van der Waals surface area contributed by atoms with Crippen LogP contribution in [-0.4, -0.2) is 18.2 Å². The van der Waals surface area contributed by atoms with Crippen LogP contribution in [0.5, 0.6) is 11.5 Å². The Bertz CT molecular complexity index is 960. The van der Waals surface area contributed by atoms with Crippen LogP contribution < -0.4 is 14.8 Å². The quantitative estimate of drug-likeness (QED) is 0.780. The van der Waals surface area contributed by atoms with Crippen LogP contribution in [-0.2, 0) is 13.2 Å². The Balaban J connectivity index is 1.53. The number of rotatable bonds is 4. The van der Waals surface area contributed by atoms with Crippen molar-refractivity contribution in [3.05, 3.63) is 64.8 Å². The Morgan fingerprint density at radius 2 is 2.04 bits per heavy atom. The molecule has 0 radical (unpaired) electrons. The van der Waals surface area contributed by atoms with E-state index in [0.717, 1.165) is 28.2 Å². The normalized spacial score (nSPS) is 11.9. The van der Waals surface area contributed by atoms with Gasteiger partial charge in [-0.15, -0.1) is 0 Å². The van der Waals surface area contributed by atoms with E-state index in [1.54, 1.807) is 7.11 Å². The van der Waals surface area contributed by atoms with Gasteiger partial charge < -0.3 is 19.3 Å². The zero-order valence-corrected chi connectivity index (χ0v) is 14.5. The summed E-state index contributed by atoms with van der Waals surface area (Å²) in [4.78, 5) is 12.5. The molecule has 6 nitrogen and oxygen atoms in total. The molecule has 0 bridgehead atoms. The first-order valence-electron chi connectivity index (χ1n) is 8.29. The zero-order valence-electron chi connectivity index (χ0n) is 14.5. The molecule has 1 aliphatic rings. The maximum atomic E-state index is 12.5. The number of carbonyl (C=O) groups is 1. The molecule has 26 heavy (non-hydrogen) atoms. The molecular weight excluding hydrogens is 332 g/mol. The van der Waals surface area contributed by atoms with Gasteiger partial charge in [0.25, 0.3) is 5.91 Å². The molecule has 1 amide bonds. The van der Waals surface area contributed by atoms with E-state index < -0.39 is 0 Å². The lowest BCUT2D eigenvalue weighted by molar-refractivity contribution is 0.0940. The average Bonchev–Trinajstić information content (AvgIpc) is 3.11. The molecular formula is C20H18N2O4. The number of methoxy groups -OCH3 is 1. The zero-order chi connectivity index (χ0) is 18.1. The van der Waals surface area contributed by atoms with Crippen molar-refractivity contribution < 1.29 is 18.8 Å². The first kappa shape index (κ1) is 16.2. The monoisotopic (exact) mass is 350 g/mol. The molecule has 2 aromatic carbocycles. The summed E-state index contributed by atoms with van der Waals surface area (Å²) in [6.45, 7) is 2.65. The van der Waals surface area contributed by atoms with Crippen LogP contribution in [0.15, 0.2) is 47.0 Å². The number of hydrogen-bond donors (Lipinski definition) is 1. The highest BCUT2D eigenvalue weighted by Gasteiger charge is 2.28. The number of benzene rings is 2. The lowest BCUT2D eigenvalue weighted by Crippen LogP contribution is -2.24. The minimum absolute atomic E-state index is 0.264. The Morgan fingerprint density at radius 3 is 2.81 bits per heavy atom. The van der Waals surface area contributed by atoms with E-state index in [2.05, 4.69) is 10.5 Å². The summed E-state index contributed by atoms with van der Waals surface area (Å²) in [6.07, 6.45) is 0. The van der Waals surface area contributed by atoms with Gasteiger partial charge in [0.2, 0.25) is 0 Å². The Labute approximate surface area is 150 Å². The molecule has 1 aromatic heterocycles. The standard InChI is InChI=1S/C20H18N2O4/c1-12-3-8-17-15(9-12)19-16(11-25-17)18(22-26-19)20(23)21-10-13-4-6-14(24-2)7-5-13/h3-9H,10-11H2,1-2H3,(H,21,23). The molecule has 6 heteroatoms. The molecule has 1 N–H and O–H groups in total. The fourth-order valence-corrected chi connectivity index (χ4v) is 2.94. The van der Waals surface area contributed by atoms with Gasteiger partial charge >= 0.3 is 0 Å². The van der Waals surface area contributed by atoms with Gasteiger partial charge in [0, 0.05) is 6.54 Å². The Morgan fingerprint density at radius 1 is 1.23 bits per heavy atom. The number of aryl methyl sites for hydroxylation is 1. The van der Waals surface area contributed by atoms with E-state index >= 15 is 0 Å². The molecule has 2 heterocycles. The van der Waals surface area contributed by atoms with Gasteiger partial charge in [0.15, 0.2) is 11.5 Å². The molecule has 0 fully saturated rings. The number of nitrogens with one attached hydrogen (secondary N) is 1. The Kier molecular flexibility index (Phi) is 4.08. The van der Waals surface area contributed by atoms with E-state index in [9.17, 15) is 4.79 Å². The van der Waals surface area contributed by atoms with Crippen LogP contribution in [0.25, 0.3) is 11.3 Å². The highest BCUT2D eigenvalue weighted by Crippen LogP contribution is 2.39. The minimum atomic E-state index is -0.287. The van der Waals surface area contributed by atoms with Gasteiger partial charge in [-0.3, -0.25) is 4.79 Å². The first-order valence-corrected chi connectivity index (χ1v) is 8.29. The summed E-state index contributed by atoms with van der Waals surface area (Å²) >= 11 is 0. The molecule has 1 aliphatic heterocycles. The molecule has 0 unspecified atom stereocenters. The van der Waals surface area contributed by atoms with E-state index in [4.69, 9.17) is 14.0 Å². The van der Waals surface area contributed by atoms with Crippen molar-refractivity contribution >= 4 is 5.91 Å². The van der Waals surface area contributed by atoms with E-state index in [1.807, 2.05) is 49.4 Å². The second kappa shape index (κ2) is 6.55. The van der Waals surface area contributed by atoms with E-state index in [1.165, 1.54) is 0 Å². The second-order valence-corrected chi connectivity index (χ2v) is 6.16. The van der Waals surface area contributed by atoms with Crippen molar-refractivity contribution in [2.45, 2.75) is 20.1 Å². The summed E-state index contributed by atoms with van der Waals surface area (Å²) in [5, 5.41) is 6.85. The summed E-state index contributed by atoms with van der Waals surface area (Å²) in [7, 11) is 1.62. The third kappa shape index (κ3) is 2.90. The Hall–Kier alpha value is -3.28. The van der Waals surface area contributed by atoms with Crippen LogP contribution >= 0.6 is 0 Å². The number of ether oxygens (including phenoxy) is 2. The van der Waals surface area contributed by atoms with Crippen LogP contribution in [0, 0.1) is 6.92 Å². The molecule has 0 atom stereocenters. The maximum absolute atomic E-state index is 12.5. The molecule has 4 rings (SSSR count). The van der Waals surface area contributed by atoms with Crippen LogP contribution in [0.4, 0.5) is 0 Å². The van der Waals surface area contributed by atoms with Gasteiger partial charge in [-0.1, -0.05) is 28.9 Å². The number of amides is 1. The summed E-state index contributed by atoms with van der Waals surface area (Å²) in [6, 6.07) is 13.4. The first-order chi connectivity index (χ1) is 12.7. The van der Waals surface area contributed by atoms with Crippen molar-refractivity contribution in [2.75, 3.05) is 7.11 Å². The van der Waals surface area contributed by atoms with E-state index in [0.29, 0.717) is 17.9 Å². The van der Waals surface area contributed by atoms with Gasteiger partial charge in [0.05, 0.1) is 18.2 Å². The van der Waals surface area contributed by atoms with Gasteiger partial charge in [-0.05, 0) is 36.8 Å². The largest absolute Gasteiger partial charge is 0.497 e. The lowest BCUT2D eigenvalue weighted by Gasteiger charge is -2.16. The predicted octanol–water partition coefficient (Wildman–Crippen LogP) is 3.48. The second-order valence-electron chi connectivity index (χ2n) is 6.16. The van der Waals surface area contributed by atoms with E-state index in [-0.39, 0.29) is 18.2 Å². The van der Waals surface area contributed by atoms with Crippen molar-refractivity contribution in [3.63, 3.8) is 0 Å². The van der Waals surface area contributed by atoms with Gasteiger partial charge in [0.1, 0.15) is 18.1 Å². The van der Waals surface area contributed by atoms with Crippen molar-refractivity contribution in [2.24, 2.45) is 0 Å². The predicted molar refractivity (Wildman–Crippen MR) is 95.2 cm³/mol. The van der Waals surface area contributed by atoms with Crippen LogP contribution in [0.2, 0.25) is 0 Å². The molecule has 132 valence electrons. The summed E-state index contributed by atoms with van der Waals surface area (Å²) in [5.74, 6) is 1.83. The van der Waals surface area contributed by atoms with Crippen LogP contribution in [0.3, 0.4) is 0 Å². The van der Waals surface area contributed by atoms with Gasteiger partial charge in [-0.2, -0.15) is 0 Å². The van der Waals surface area contributed by atoms with Crippen molar-refractivity contribution in [1.29, 1.82) is 0 Å². The number of aromatic nitrogens is 1. The highest BCUT2D eigenvalue weighted by atomic mass is 16.5. The molecule has 0 aliphatic carbocycles. The third-order valence-electron chi connectivity index (χ3n) is 4.37. The molecule has 3 aromatic rings. The maximum Gasteiger partial charge on any atom is 0.274 e. The van der Waals surface area contributed by atoms with Crippen LogP contribution in [0.1, 0.15) is 27.2 Å². The lowest BCUT2D eigenvalue weighted by atomic mass is 10.0. The molecule has 0 saturated heterocycles. The molecule has 0 saturated carbocycles. The summed E-state index contributed by atoms with van der Waals surface area (Å²) in [5.41, 5.74) is 3.82. The topological polar surface area (TPSA) is 73.6 Å². The minimum Gasteiger partial charge on any atom is -0.497 e. The number of nitrogens with zero attached hydrogens (tertiary/aromatic N) is 1. The fraction of sp³-hybridized carbons (Fsp3) is 0.200. The van der Waals surface area contributed by atoms with Crippen molar-refractivity contribution in [1.82, 2.24) is 10.5 Å². The van der Waals surface area contributed by atoms with Gasteiger partial charge in [-0.25, -0.2) is 0 Å². The number of hydrogen-bond acceptors (Lipinski definition) is 5. The average molecular weight is 350 g/mol. The fourth-order valence-electron chi connectivity index (χ4n) is 2.94. The number of carbonyl (C=O) groups excluding carboxylic acids is 1. The highest BCUT2D eigenvalue weighted by molar-refractivity contribution is 5.95. The smallest absolute Gasteiger partial charge is 0.274 e. The summed E-state index contributed by atoms with van der Waals surface area (Å²) < 4.78 is 16.3.